The first kappa shape index (κ1) is 18.3. The van der Waals surface area contributed by atoms with Gasteiger partial charge in [-0.25, -0.2) is 9.37 Å². The minimum Gasteiger partial charge on any atom is -0.468 e. The van der Waals surface area contributed by atoms with Crippen molar-refractivity contribution in [2.24, 2.45) is 7.05 Å². The number of halogens is 1. The van der Waals surface area contributed by atoms with Crippen molar-refractivity contribution in [3.63, 3.8) is 0 Å². The zero-order valence-corrected chi connectivity index (χ0v) is 15.7. The van der Waals surface area contributed by atoms with E-state index in [0.29, 0.717) is 16.7 Å². The summed E-state index contributed by atoms with van der Waals surface area (Å²) in [6, 6.07) is 6.10. The van der Waals surface area contributed by atoms with Crippen LogP contribution in [0.5, 0.6) is 0 Å². The molecule has 3 aromatic rings. The van der Waals surface area contributed by atoms with E-state index < -0.39 is 0 Å². The minimum atomic E-state index is -0.310. The van der Waals surface area contributed by atoms with Crippen LogP contribution in [-0.4, -0.2) is 38.6 Å². The number of methoxy groups -OCH3 is 1. The fourth-order valence-corrected chi connectivity index (χ4v) is 3.56. The van der Waals surface area contributed by atoms with Crippen LogP contribution in [0.1, 0.15) is 11.5 Å². The van der Waals surface area contributed by atoms with E-state index in [1.54, 1.807) is 12.1 Å². The molecule has 0 saturated heterocycles. The maximum atomic E-state index is 12.9. The number of benzene rings is 1. The molecule has 0 aliphatic heterocycles. The zero-order chi connectivity index (χ0) is 18.5. The highest BCUT2D eigenvalue weighted by molar-refractivity contribution is 7.99. The van der Waals surface area contributed by atoms with Crippen molar-refractivity contribution in [3.05, 3.63) is 47.0 Å². The minimum absolute atomic E-state index is 0.185. The predicted molar refractivity (Wildman–Crippen MR) is 98.3 cm³/mol. The van der Waals surface area contributed by atoms with E-state index >= 15 is 0 Å². The van der Waals surface area contributed by atoms with Crippen LogP contribution in [0.25, 0.3) is 0 Å². The standard InChI is InChI=1S/C16H16FN5O2S2/c1-22-13(20-21-16(22)26-9-14(23)24-2)7-12-8-25-15(19-12)18-11-5-3-10(17)4-6-11/h3-6,8H,7,9H2,1-2H3,(H,18,19). The summed E-state index contributed by atoms with van der Waals surface area (Å²) >= 11 is 2.73. The zero-order valence-electron chi connectivity index (χ0n) is 14.1. The first-order valence-corrected chi connectivity index (χ1v) is 9.46. The first-order valence-electron chi connectivity index (χ1n) is 7.60. The highest BCUT2D eigenvalue weighted by Crippen LogP contribution is 2.23. The molecule has 0 saturated carbocycles. The molecule has 2 heterocycles. The topological polar surface area (TPSA) is 81.9 Å². The molecular weight excluding hydrogens is 377 g/mol. The number of esters is 1. The number of ether oxygens (including phenoxy) is 1. The van der Waals surface area contributed by atoms with Crippen LogP contribution in [0, 0.1) is 5.82 Å². The van der Waals surface area contributed by atoms with Gasteiger partial charge in [0.05, 0.1) is 25.0 Å². The molecule has 0 spiro atoms. The fourth-order valence-electron chi connectivity index (χ4n) is 2.07. The van der Waals surface area contributed by atoms with E-state index in [4.69, 9.17) is 0 Å². The number of hydrogen-bond acceptors (Lipinski definition) is 8. The molecule has 3 rings (SSSR count). The molecule has 1 aromatic carbocycles. The smallest absolute Gasteiger partial charge is 0.316 e. The Labute approximate surface area is 157 Å². The molecule has 0 fully saturated rings. The van der Waals surface area contributed by atoms with E-state index in [0.717, 1.165) is 17.2 Å². The molecule has 0 radical (unpaired) electrons. The highest BCUT2D eigenvalue weighted by Gasteiger charge is 2.13. The van der Waals surface area contributed by atoms with Crippen molar-refractivity contribution in [1.29, 1.82) is 0 Å². The van der Waals surface area contributed by atoms with Crippen LogP contribution in [0.2, 0.25) is 0 Å². The fraction of sp³-hybridized carbons (Fsp3) is 0.250. The van der Waals surface area contributed by atoms with Crippen LogP contribution in [0.4, 0.5) is 15.2 Å². The Morgan fingerprint density at radius 2 is 2.12 bits per heavy atom. The molecule has 10 heteroatoms. The van der Waals surface area contributed by atoms with E-state index in [2.05, 4.69) is 25.2 Å². The van der Waals surface area contributed by atoms with Gasteiger partial charge in [-0.05, 0) is 24.3 Å². The Hall–Kier alpha value is -2.46. The molecule has 0 bridgehead atoms. The third-order valence-electron chi connectivity index (χ3n) is 3.46. The van der Waals surface area contributed by atoms with E-state index in [-0.39, 0.29) is 17.5 Å². The van der Waals surface area contributed by atoms with Crippen LogP contribution in [-0.2, 0) is 23.0 Å². The number of anilines is 2. The highest BCUT2D eigenvalue weighted by atomic mass is 32.2. The molecule has 0 amide bonds. The van der Waals surface area contributed by atoms with Crippen molar-refractivity contribution in [2.45, 2.75) is 11.6 Å². The average molecular weight is 393 g/mol. The normalized spacial score (nSPS) is 10.7. The Balaban J connectivity index is 1.63. The van der Waals surface area contributed by atoms with Crippen LogP contribution < -0.4 is 5.32 Å². The molecule has 0 atom stereocenters. The van der Waals surface area contributed by atoms with Crippen LogP contribution >= 0.6 is 23.1 Å². The second-order valence-electron chi connectivity index (χ2n) is 5.28. The number of thioether (sulfide) groups is 1. The van der Waals surface area contributed by atoms with Gasteiger partial charge in [0.2, 0.25) is 0 Å². The lowest BCUT2D eigenvalue weighted by Gasteiger charge is -2.03. The van der Waals surface area contributed by atoms with E-state index in [1.807, 2.05) is 17.0 Å². The summed E-state index contributed by atoms with van der Waals surface area (Å²) in [6.45, 7) is 0. The molecular formula is C16H16FN5O2S2. The number of rotatable bonds is 7. The number of aromatic nitrogens is 4. The number of carbonyl (C=O) groups is 1. The lowest BCUT2D eigenvalue weighted by Crippen LogP contribution is -2.05. The summed E-state index contributed by atoms with van der Waals surface area (Å²) in [5.74, 6) is 0.343. The van der Waals surface area contributed by atoms with Crippen molar-refractivity contribution in [2.75, 3.05) is 18.2 Å². The lowest BCUT2D eigenvalue weighted by molar-refractivity contribution is -0.137. The lowest BCUT2D eigenvalue weighted by atomic mass is 10.3. The van der Waals surface area contributed by atoms with Crippen molar-refractivity contribution < 1.29 is 13.9 Å². The molecule has 0 unspecified atom stereocenters. The van der Waals surface area contributed by atoms with Crippen molar-refractivity contribution in [3.8, 4) is 0 Å². The third kappa shape index (κ3) is 4.58. The van der Waals surface area contributed by atoms with Crippen LogP contribution in [0.3, 0.4) is 0 Å². The third-order valence-corrected chi connectivity index (χ3v) is 5.26. The van der Waals surface area contributed by atoms with Crippen molar-refractivity contribution >= 4 is 39.9 Å². The maximum Gasteiger partial charge on any atom is 0.316 e. The Bertz CT molecular complexity index is 894. The molecule has 1 N–H and O–H groups in total. The van der Waals surface area contributed by atoms with Gasteiger partial charge in [0.1, 0.15) is 11.6 Å². The molecule has 7 nitrogen and oxygen atoms in total. The van der Waals surface area contributed by atoms with Gasteiger partial charge in [0.25, 0.3) is 0 Å². The summed E-state index contributed by atoms with van der Waals surface area (Å²) in [6.07, 6.45) is 0.518. The number of nitrogens with zero attached hydrogens (tertiary/aromatic N) is 4. The molecule has 0 aliphatic rings. The summed E-state index contributed by atoms with van der Waals surface area (Å²) in [5, 5.41) is 14.7. The van der Waals surface area contributed by atoms with Gasteiger partial charge < -0.3 is 14.6 Å². The summed E-state index contributed by atoms with van der Waals surface area (Å²) in [7, 11) is 3.20. The van der Waals surface area contributed by atoms with E-state index in [9.17, 15) is 9.18 Å². The quantitative estimate of drug-likeness (QED) is 0.488. The van der Waals surface area contributed by atoms with Gasteiger partial charge in [-0.15, -0.1) is 21.5 Å². The van der Waals surface area contributed by atoms with Gasteiger partial charge >= 0.3 is 5.97 Å². The van der Waals surface area contributed by atoms with Gasteiger partial charge in [-0.1, -0.05) is 11.8 Å². The Kier molecular flexibility index (Phi) is 5.84. The molecule has 26 heavy (non-hydrogen) atoms. The average Bonchev–Trinajstić information content (AvgIpc) is 3.22. The number of hydrogen-bond donors (Lipinski definition) is 1. The Morgan fingerprint density at radius 1 is 1.35 bits per heavy atom. The van der Waals surface area contributed by atoms with Crippen LogP contribution in [0.15, 0.2) is 34.8 Å². The molecule has 2 aromatic heterocycles. The number of nitrogens with one attached hydrogen (secondary N) is 1. The van der Waals surface area contributed by atoms with Gasteiger partial charge in [0, 0.05) is 18.1 Å². The Morgan fingerprint density at radius 3 is 2.85 bits per heavy atom. The van der Waals surface area contributed by atoms with Crippen molar-refractivity contribution in [1.82, 2.24) is 19.7 Å². The summed E-state index contributed by atoms with van der Waals surface area (Å²) in [5.41, 5.74) is 1.62. The predicted octanol–water partition coefficient (Wildman–Crippen LogP) is 3.01. The molecule has 0 aliphatic carbocycles. The summed E-state index contributed by atoms with van der Waals surface area (Å²) < 4.78 is 19.4. The SMILES string of the molecule is COC(=O)CSc1nnc(Cc2csc(Nc3ccc(F)cc3)n2)n1C. The van der Waals surface area contributed by atoms with Gasteiger partial charge in [0.15, 0.2) is 10.3 Å². The van der Waals surface area contributed by atoms with Gasteiger partial charge in [-0.3, -0.25) is 4.79 Å². The number of thiazole rings is 1. The number of carbonyl (C=O) groups excluding carboxylic acids is 1. The second-order valence-corrected chi connectivity index (χ2v) is 7.08. The van der Waals surface area contributed by atoms with Gasteiger partial charge in [-0.2, -0.15) is 0 Å². The maximum absolute atomic E-state index is 12.9. The summed E-state index contributed by atoms with van der Waals surface area (Å²) in [4.78, 5) is 15.7. The first-order chi connectivity index (χ1) is 12.5. The molecule has 136 valence electrons. The second kappa shape index (κ2) is 8.28. The monoisotopic (exact) mass is 393 g/mol. The van der Waals surface area contributed by atoms with E-state index in [1.165, 1.54) is 42.3 Å². The largest absolute Gasteiger partial charge is 0.468 e.